The smallest absolute Gasteiger partial charge is 0.138 e. The van der Waals surface area contributed by atoms with Gasteiger partial charge in [-0.2, -0.15) is 5.10 Å². The molecule has 4 N–H and O–H groups in total. The lowest BCUT2D eigenvalue weighted by atomic mass is 10.1. The number of piperidine rings is 1. The van der Waals surface area contributed by atoms with Gasteiger partial charge in [-0.25, -0.2) is 4.39 Å². The molecule has 1 aliphatic rings. The number of fused-ring (bicyclic) bond motifs is 2. The van der Waals surface area contributed by atoms with Crippen molar-refractivity contribution >= 4 is 21.8 Å². The second kappa shape index (κ2) is 9.48. The van der Waals surface area contributed by atoms with Crippen LogP contribution in [0, 0.1) is 5.82 Å². The third kappa shape index (κ3) is 4.44. The lowest BCUT2D eigenvalue weighted by Gasteiger charge is -2.23. The SMILES string of the molecule is Oc1cc(F)cc(-c2nccc3[nH]c(-c4n[nH]c5cnc(-c6cncc(OC7CCNCC7)c6)cc45)cc23)c1. The number of H-pyrrole nitrogens is 2. The number of aromatic amines is 2. The Morgan fingerprint density at radius 1 is 0.872 bits per heavy atom. The molecule has 194 valence electrons. The monoisotopic (exact) mass is 521 g/mol. The Morgan fingerprint density at radius 3 is 2.62 bits per heavy atom. The van der Waals surface area contributed by atoms with E-state index in [1.54, 1.807) is 24.8 Å². The summed E-state index contributed by atoms with van der Waals surface area (Å²) < 4.78 is 20.2. The van der Waals surface area contributed by atoms with E-state index < -0.39 is 5.82 Å². The van der Waals surface area contributed by atoms with Crippen LogP contribution in [0.3, 0.4) is 0 Å². The van der Waals surface area contributed by atoms with Gasteiger partial charge in [0.2, 0.25) is 0 Å². The van der Waals surface area contributed by atoms with E-state index in [4.69, 9.17) is 4.74 Å². The van der Waals surface area contributed by atoms with Crippen molar-refractivity contribution in [3.05, 3.63) is 73.1 Å². The summed E-state index contributed by atoms with van der Waals surface area (Å²) in [6, 6.07) is 11.7. The Balaban J connectivity index is 1.26. The molecule has 1 aromatic carbocycles. The highest BCUT2D eigenvalue weighted by molar-refractivity contribution is 6.00. The number of hydrogen-bond donors (Lipinski definition) is 4. The van der Waals surface area contributed by atoms with Crippen LogP contribution in [0.2, 0.25) is 0 Å². The van der Waals surface area contributed by atoms with E-state index in [-0.39, 0.29) is 11.9 Å². The summed E-state index contributed by atoms with van der Waals surface area (Å²) >= 11 is 0. The number of benzene rings is 1. The molecular formula is C29H24FN7O2. The van der Waals surface area contributed by atoms with Crippen LogP contribution in [0.5, 0.6) is 11.5 Å². The summed E-state index contributed by atoms with van der Waals surface area (Å²) in [6.07, 6.45) is 9.03. The maximum atomic E-state index is 14.0. The summed E-state index contributed by atoms with van der Waals surface area (Å²) in [7, 11) is 0. The van der Waals surface area contributed by atoms with Crippen LogP contribution >= 0.6 is 0 Å². The Kier molecular flexibility index (Phi) is 5.66. The third-order valence-corrected chi connectivity index (χ3v) is 7.00. The number of aromatic nitrogens is 6. The van der Waals surface area contributed by atoms with Crippen LogP contribution in [-0.4, -0.2) is 54.4 Å². The number of hydrogen-bond acceptors (Lipinski definition) is 7. The quantitative estimate of drug-likeness (QED) is 0.246. The van der Waals surface area contributed by atoms with Gasteiger partial charge in [0.15, 0.2) is 0 Å². The number of nitrogens with one attached hydrogen (secondary N) is 3. The minimum atomic E-state index is -0.530. The molecule has 0 amide bonds. The molecule has 0 saturated carbocycles. The third-order valence-electron chi connectivity index (χ3n) is 7.00. The Morgan fingerprint density at radius 2 is 1.74 bits per heavy atom. The van der Waals surface area contributed by atoms with Gasteiger partial charge in [0, 0.05) is 45.9 Å². The maximum absolute atomic E-state index is 14.0. The number of pyridine rings is 3. The van der Waals surface area contributed by atoms with Crippen molar-refractivity contribution in [3.8, 4) is 45.4 Å². The van der Waals surface area contributed by atoms with E-state index in [2.05, 4.69) is 35.5 Å². The molecule has 1 aliphatic heterocycles. The molecular weight excluding hydrogens is 497 g/mol. The van der Waals surface area contributed by atoms with E-state index in [0.717, 1.165) is 76.5 Å². The fraction of sp³-hybridized carbons (Fsp3) is 0.172. The first-order chi connectivity index (χ1) is 19.1. The minimum absolute atomic E-state index is 0.155. The second-order valence-electron chi connectivity index (χ2n) is 9.67. The summed E-state index contributed by atoms with van der Waals surface area (Å²) in [5, 5.41) is 22.5. The zero-order valence-electron chi connectivity index (χ0n) is 20.8. The molecule has 0 atom stereocenters. The molecule has 0 spiro atoms. The number of phenolic OH excluding ortho intramolecular Hbond substituents is 1. The van der Waals surface area contributed by atoms with Gasteiger partial charge < -0.3 is 20.1 Å². The topological polar surface area (TPSA) is 125 Å². The molecule has 5 aromatic heterocycles. The van der Waals surface area contributed by atoms with E-state index in [0.29, 0.717) is 17.0 Å². The zero-order chi connectivity index (χ0) is 26.3. The molecule has 1 saturated heterocycles. The highest BCUT2D eigenvalue weighted by atomic mass is 19.1. The minimum Gasteiger partial charge on any atom is -0.508 e. The molecule has 0 aliphatic carbocycles. The van der Waals surface area contributed by atoms with Gasteiger partial charge in [0.05, 0.1) is 35.0 Å². The van der Waals surface area contributed by atoms with E-state index in [9.17, 15) is 9.50 Å². The number of halogens is 1. The predicted molar refractivity (Wildman–Crippen MR) is 146 cm³/mol. The van der Waals surface area contributed by atoms with Crippen LogP contribution in [0.4, 0.5) is 4.39 Å². The van der Waals surface area contributed by atoms with Gasteiger partial charge in [-0.05, 0) is 62.3 Å². The standard InChI is InChI=1S/C29H24FN7O2/c30-18-7-16(8-19(38)10-18)28-22-12-26(35-24(22)3-6-33-28)29-23-11-25(34-15-27(23)36-37-29)17-9-21(14-32-13-17)39-20-1-4-31-5-2-20/h3,6-15,20,31,35,38H,1-2,4-5H2,(H,36,37). The van der Waals surface area contributed by atoms with Crippen molar-refractivity contribution in [1.82, 2.24) is 35.5 Å². The molecule has 6 aromatic rings. The zero-order valence-corrected chi connectivity index (χ0v) is 20.8. The fourth-order valence-corrected chi connectivity index (χ4v) is 5.13. The van der Waals surface area contributed by atoms with E-state index in [1.165, 1.54) is 12.1 Å². The highest BCUT2D eigenvalue weighted by Gasteiger charge is 2.18. The Hall–Kier alpha value is -4.83. The average molecular weight is 522 g/mol. The molecule has 0 radical (unpaired) electrons. The van der Waals surface area contributed by atoms with Crippen LogP contribution < -0.4 is 10.1 Å². The maximum Gasteiger partial charge on any atom is 0.138 e. The molecule has 1 fully saturated rings. The van der Waals surface area contributed by atoms with Crippen molar-refractivity contribution in [2.45, 2.75) is 18.9 Å². The van der Waals surface area contributed by atoms with Crippen molar-refractivity contribution < 1.29 is 14.2 Å². The van der Waals surface area contributed by atoms with Gasteiger partial charge in [-0.3, -0.25) is 20.1 Å². The van der Waals surface area contributed by atoms with Gasteiger partial charge >= 0.3 is 0 Å². The van der Waals surface area contributed by atoms with Crippen LogP contribution in [0.15, 0.2) is 67.3 Å². The average Bonchev–Trinajstić information content (AvgIpc) is 3.57. The lowest BCUT2D eigenvalue weighted by Crippen LogP contribution is -2.34. The first-order valence-electron chi connectivity index (χ1n) is 12.8. The summed E-state index contributed by atoms with van der Waals surface area (Å²) in [6.45, 7) is 1.91. The predicted octanol–water partition coefficient (Wildman–Crippen LogP) is 5.21. The summed E-state index contributed by atoms with van der Waals surface area (Å²) in [5.74, 6) is 0.0444. The molecule has 6 heterocycles. The van der Waals surface area contributed by atoms with Crippen LogP contribution in [0.25, 0.3) is 55.7 Å². The first kappa shape index (κ1) is 23.3. The molecule has 9 nitrogen and oxygen atoms in total. The van der Waals surface area contributed by atoms with Gasteiger partial charge in [0.25, 0.3) is 0 Å². The number of rotatable bonds is 5. The molecule has 0 bridgehead atoms. The van der Waals surface area contributed by atoms with Gasteiger partial charge in [0.1, 0.15) is 29.1 Å². The highest BCUT2D eigenvalue weighted by Crippen LogP contribution is 2.35. The number of phenols is 1. The lowest BCUT2D eigenvalue weighted by molar-refractivity contribution is 0.162. The number of ether oxygens (including phenoxy) is 1. The number of aromatic hydroxyl groups is 1. The molecule has 10 heteroatoms. The molecule has 7 rings (SSSR count). The van der Waals surface area contributed by atoms with Gasteiger partial charge in [-0.1, -0.05) is 0 Å². The van der Waals surface area contributed by atoms with Crippen molar-refractivity contribution in [2.75, 3.05) is 13.1 Å². The normalized spacial score (nSPS) is 14.3. The summed E-state index contributed by atoms with van der Waals surface area (Å²) in [4.78, 5) is 16.9. The van der Waals surface area contributed by atoms with Crippen molar-refractivity contribution in [2.24, 2.45) is 0 Å². The van der Waals surface area contributed by atoms with Crippen molar-refractivity contribution in [1.29, 1.82) is 0 Å². The van der Waals surface area contributed by atoms with Crippen molar-refractivity contribution in [3.63, 3.8) is 0 Å². The van der Waals surface area contributed by atoms with E-state index >= 15 is 0 Å². The molecule has 39 heavy (non-hydrogen) atoms. The summed E-state index contributed by atoms with van der Waals surface area (Å²) in [5.41, 5.74) is 5.74. The largest absolute Gasteiger partial charge is 0.508 e. The Labute approximate surface area is 222 Å². The second-order valence-corrected chi connectivity index (χ2v) is 9.67. The fourth-order valence-electron chi connectivity index (χ4n) is 5.13. The van der Waals surface area contributed by atoms with Crippen LogP contribution in [0.1, 0.15) is 12.8 Å². The first-order valence-corrected chi connectivity index (χ1v) is 12.8. The van der Waals surface area contributed by atoms with Crippen LogP contribution in [-0.2, 0) is 0 Å². The number of nitrogens with zero attached hydrogens (tertiary/aromatic N) is 4. The molecule has 0 unspecified atom stereocenters. The van der Waals surface area contributed by atoms with Gasteiger partial charge in [-0.15, -0.1) is 0 Å². The van der Waals surface area contributed by atoms with E-state index in [1.807, 2.05) is 24.3 Å². The Bertz CT molecular complexity index is 1800.